The molecule has 3 aliphatic carbocycles. The monoisotopic (exact) mass is 409 g/mol. The molecule has 3 fully saturated rings. The Hall–Kier alpha value is -2.37. The molecule has 4 unspecified atom stereocenters. The van der Waals surface area contributed by atoms with Crippen LogP contribution >= 0.6 is 0 Å². The van der Waals surface area contributed by atoms with E-state index < -0.39 is 6.04 Å². The van der Waals surface area contributed by atoms with Gasteiger partial charge in [0, 0.05) is 17.6 Å². The average molecular weight is 410 g/mol. The first-order valence-electron chi connectivity index (χ1n) is 11.2. The second-order valence-electron chi connectivity index (χ2n) is 10.4. The van der Waals surface area contributed by atoms with E-state index in [2.05, 4.69) is 31.4 Å². The van der Waals surface area contributed by atoms with Gasteiger partial charge < -0.3 is 15.5 Å². The smallest absolute Gasteiger partial charge is 0.255 e. The predicted octanol–water partition coefficient (Wildman–Crippen LogP) is 2.79. The van der Waals surface area contributed by atoms with Crippen molar-refractivity contribution in [2.24, 2.45) is 16.7 Å². The van der Waals surface area contributed by atoms with Crippen LogP contribution in [0.15, 0.2) is 24.3 Å². The minimum atomic E-state index is -0.632. The third kappa shape index (κ3) is 2.72. The van der Waals surface area contributed by atoms with Crippen LogP contribution in [-0.2, 0) is 9.59 Å². The van der Waals surface area contributed by atoms with E-state index in [-0.39, 0.29) is 47.2 Å². The maximum absolute atomic E-state index is 13.0. The molecule has 0 radical (unpaired) electrons. The lowest BCUT2D eigenvalue weighted by molar-refractivity contribution is -0.129. The van der Waals surface area contributed by atoms with Crippen LogP contribution in [0.2, 0.25) is 0 Å². The van der Waals surface area contributed by atoms with E-state index in [0.29, 0.717) is 11.5 Å². The van der Waals surface area contributed by atoms with Gasteiger partial charge in [-0.1, -0.05) is 39.0 Å². The molecule has 160 valence electrons. The third-order valence-electron chi connectivity index (χ3n) is 8.74. The normalized spacial score (nSPS) is 33.5. The number of carbonyl (C=O) groups excluding carboxylic acids is 3. The molecular weight excluding hydrogens is 378 g/mol. The number of hydrogen-bond acceptors (Lipinski definition) is 3. The Morgan fingerprint density at radius 1 is 1.13 bits per heavy atom. The number of fused-ring (bicyclic) bond motifs is 3. The van der Waals surface area contributed by atoms with E-state index in [0.717, 1.165) is 31.2 Å². The van der Waals surface area contributed by atoms with Crippen LogP contribution in [0.4, 0.5) is 0 Å². The van der Waals surface area contributed by atoms with Gasteiger partial charge in [-0.25, -0.2) is 0 Å². The van der Waals surface area contributed by atoms with Crippen LogP contribution in [0.5, 0.6) is 0 Å². The van der Waals surface area contributed by atoms with Crippen molar-refractivity contribution in [3.63, 3.8) is 0 Å². The molecule has 6 heteroatoms. The van der Waals surface area contributed by atoms with Gasteiger partial charge >= 0.3 is 0 Å². The van der Waals surface area contributed by atoms with E-state index in [4.69, 9.17) is 0 Å². The number of amides is 3. The van der Waals surface area contributed by atoms with Crippen LogP contribution in [0.3, 0.4) is 0 Å². The molecule has 0 spiro atoms. The second kappa shape index (κ2) is 6.56. The first-order chi connectivity index (χ1) is 14.2. The standard InChI is InChI=1S/C24H31N3O3/c1-23(2)14-10-11-24(23,3)18(12-14)26-19(28)13-25-21(29)20-16-6-4-5-7-17(16)22(30)27(20)15-8-9-15/h4-7,14-15,18,20H,8-13H2,1-3H3,(H,25,29)(H,26,28). The number of hydrogen-bond donors (Lipinski definition) is 2. The lowest BCUT2D eigenvalue weighted by atomic mass is 9.69. The summed E-state index contributed by atoms with van der Waals surface area (Å²) in [5.41, 5.74) is 1.69. The van der Waals surface area contributed by atoms with Crippen molar-refractivity contribution in [1.82, 2.24) is 15.5 Å². The van der Waals surface area contributed by atoms with Crippen molar-refractivity contribution < 1.29 is 14.4 Å². The topological polar surface area (TPSA) is 78.5 Å². The summed E-state index contributed by atoms with van der Waals surface area (Å²) < 4.78 is 0. The van der Waals surface area contributed by atoms with Crippen LogP contribution in [-0.4, -0.2) is 41.2 Å². The highest BCUT2D eigenvalue weighted by molar-refractivity contribution is 6.05. The zero-order chi connectivity index (χ0) is 21.3. The Bertz CT molecular complexity index is 922. The van der Waals surface area contributed by atoms with Crippen molar-refractivity contribution in [2.75, 3.05) is 6.54 Å². The Labute approximate surface area is 177 Å². The largest absolute Gasteiger partial charge is 0.351 e. The molecule has 2 bridgehead atoms. The van der Waals surface area contributed by atoms with Crippen molar-refractivity contribution in [3.8, 4) is 0 Å². The number of rotatable bonds is 5. The minimum absolute atomic E-state index is 0.0537. The van der Waals surface area contributed by atoms with E-state index in [1.807, 2.05) is 18.2 Å². The molecule has 6 nitrogen and oxygen atoms in total. The quantitative estimate of drug-likeness (QED) is 0.785. The molecule has 3 amide bonds. The number of nitrogens with zero attached hydrogens (tertiary/aromatic N) is 1. The summed E-state index contributed by atoms with van der Waals surface area (Å²) in [5, 5.41) is 6.00. The summed E-state index contributed by atoms with van der Waals surface area (Å²) >= 11 is 0. The fourth-order valence-electron chi connectivity index (χ4n) is 6.26. The van der Waals surface area contributed by atoms with Crippen molar-refractivity contribution >= 4 is 17.7 Å². The molecule has 0 aromatic heterocycles. The lowest BCUT2D eigenvalue weighted by Crippen LogP contribution is -2.50. The number of benzene rings is 1. The minimum Gasteiger partial charge on any atom is -0.351 e. The van der Waals surface area contributed by atoms with Crippen LogP contribution in [0.1, 0.15) is 74.8 Å². The van der Waals surface area contributed by atoms with Crippen LogP contribution < -0.4 is 10.6 Å². The summed E-state index contributed by atoms with van der Waals surface area (Å²) in [6.07, 6.45) is 5.25. The first-order valence-corrected chi connectivity index (χ1v) is 11.2. The highest BCUT2D eigenvalue weighted by Gasteiger charge is 2.61. The van der Waals surface area contributed by atoms with E-state index in [1.165, 1.54) is 6.42 Å². The molecule has 4 atom stereocenters. The van der Waals surface area contributed by atoms with Gasteiger partial charge in [0.15, 0.2) is 0 Å². The Morgan fingerprint density at radius 2 is 1.87 bits per heavy atom. The maximum atomic E-state index is 13.0. The van der Waals surface area contributed by atoms with E-state index in [1.54, 1.807) is 11.0 Å². The maximum Gasteiger partial charge on any atom is 0.255 e. The van der Waals surface area contributed by atoms with Gasteiger partial charge in [-0.05, 0) is 60.5 Å². The first kappa shape index (κ1) is 19.6. The Balaban J connectivity index is 1.24. The fourth-order valence-corrected chi connectivity index (χ4v) is 6.26. The highest BCUT2D eigenvalue weighted by Crippen LogP contribution is 2.65. The van der Waals surface area contributed by atoms with Crippen molar-refractivity contribution in [1.29, 1.82) is 0 Å². The van der Waals surface area contributed by atoms with Gasteiger partial charge in [0.05, 0.1) is 6.54 Å². The zero-order valence-corrected chi connectivity index (χ0v) is 18.0. The number of nitrogens with one attached hydrogen (secondary N) is 2. The molecule has 2 N–H and O–H groups in total. The highest BCUT2D eigenvalue weighted by atomic mass is 16.2. The summed E-state index contributed by atoms with van der Waals surface area (Å²) in [6.45, 7) is 6.87. The molecule has 3 saturated carbocycles. The lowest BCUT2D eigenvalue weighted by Gasteiger charge is -2.39. The van der Waals surface area contributed by atoms with Gasteiger partial charge in [0.1, 0.15) is 6.04 Å². The van der Waals surface area contributed by atoms with Gasteiger partial charge in [-0.2, -0.15) is 0 Å². The predicted molar refractivity (Wildman–Crippen MR) is 113 cm³/mol. The van der Waals surface area contributed by atoms with Crippen LogP contribution in [0, 0.1) is 16.7 Å². The zero-order valence-electron chi connectivity index (χ0n) is 18.0. The third-order valence-corrected chi connectivity index (χ3v) is 8.74. The molecule has 1 aromatic rings. The summed E-state index contributed by atoms with van der Waals surface area (Å²) in [7, 11) is 0. The van der Waals surface area contributed by atoms with Gasteiger partial charge in [-0.15, -0.1) is 0 Å². The van der Waals surface area contributed by atoms with E-state index in [9.17, 15) is 14.4 Å². The average Bonchev–Trinajstić information content (AvgIpc) is 3.44. The molecule has 1 aliphatic heterocycles. The Kier molecular flexibility index (Phi) is 4.28. The molecule has 4 aliphatic rings. The molecule has 1 aromatic carbocycles. The molecular formula is C24H31N3O3. The molecule has 5 rings (SSSR count). The van der Waals surface area contributed by atoms with E-state index >= 15 is 0 Å². The van der Waals surface area contributed by atoms with Crippen molar-refractivity contribution in [2.45, 2.75) is 71.0 Å². The molecule has 1 heterocycles. The molecule has 30 heavy (non-hydrogen) atoms. The second-order valence-corrected chi connectivity index (χ2v) is 10.4. The van der Waals surface area contributed by atoms with Crippen LogP contribution in [0.25, 0.3) is 0 Å². The SMILES string of the molecule is CC1(C)C2CCC1(C)C(NC(=O)CNC(=O)C1c3ccccc3C(=O)N1C1CC1)C2. The summed E-state index contributed by atoms with van der Waals surface area (Å²) in [4.78, 5) is 40.2. The molecule has 0 saturated heterocycles. The number of carbonyl (C=O) groups is 3. The van der Waals surface area contributed by atoms with Gasteiger partial charge in [0.25, 0.3) is 5.91 Å². The van der Waals surface area contributed by atoms with Gasteiger partial charge in [-0.3, -0.25) is 14.4 Å². The summed E-state index contributed by atoms with van der Waals surface area (Å²) in [5.74, 6) is 0.161. The summed E-state index contributed by atoms with van der Waals surface area (Å²) in [6, 6.07) is 6.97. The Morgan fingerprint density at radius 3 is 2.50 bits per heavy atom. The fraction of sp³-hybridized carbons (Fsp3) is 0.625. The van der Waals surface area contributed by atoms with Gasteiger partial charge in [0.2, 0.25) is 11.8 Å². The van der Waals surface area contributed by atoms with Crippen molar-refractivity contribution in [3.05, 3.63) is 35.4 Å².